The second kappa shape index (κ2) is 14.0. The minimum absolute atomic E-state index is 0. The van der Waals surface area contributed by atoms with E-state index in [0.717, 1.165) is 37.7 Å². The number of guanidine groups is 1. The van der Waals surface area contributed by atoms with Gasteiger partial charge in [0, 0.05) is 32.6 Å². The smallest absolute Gasteiger partial charge is 0.221 e. The fourth-order valence-electron chi connectivity index (χ4n) is 4.02. The van der Waals surface area contributed by atoms with Crippen molar-refractivity contribution in [3.63, 3.8) is 0 Å². The van der Waals surface area contributed by atoms with E-state index in [1.807, 2.05) is 18.2 Å². The van der Waals surface area contributed by atoms with Gasteiger partial charge in [-0.2, -0.15) is 0 Å². The zero-order chi connectivity index (χ0) is 22.8. The molecule has 0 saturated carbocycles. The number of carbonyl (C=O) groups is 1. The summed E-state index contributed by atoms with van der Waals surface area (Å²) >= 11 is 0. The number of methoxy groups -OCH3 is 1. The van der Waals surface area contributed by atoms with Gasteiger partial charge in [0.2, 0.25) is 5.91 Å². The summed E-state index contributed by atoms with van der Waals surface area (Å²) in [6.07, 6.45) is 2.42. The van der Waals surface area contributed by atoms with E-state index in [-0.39, 0.29) is 29.9 Å². The van der Waals surface area contributed by atoms with Crippen LogP contribution in [0.1, 0.15) is 37.8 Å². The van der Waals surface area contributed by atoms with Crippen molar-refractivity contribution >= 4 is 41.5 Å². The Kier molecular flexibility index (Phi) is 11.5. The molecule has 1 amide bonds. The Hall–Kier alpha value is -2.33. The number of rotatable bonds is 9. The molecular weight excluding hydrogens is 529 g/mol. The predicted molar refractivity (Wildman–Crippen MR) is 145 cm³/mol. The Bertz CT molecular complexity index is 907. The molecule has 8 heteroatoms. The molecule has 1 atom stereocenters. The molecule has 0 aliphatic carbocycles. The van der Waals surface area contributed by atoms with Gasteiger partial charge in [-0.3, -0.25) is 9.69 Å². The summed E-state index contributed by atoms with van der Waals surface area (Å²) in [6, 6.07) is 16.9. The predicted octanol–water partition coefficient (Wildman–Crippen LogP) is 3.99. The van der Waals surface area contributed by atoms with Crippen LogP contribution >= 0.6 is 24.0 Å². The fourth-order valence-corrected chi connectivity index (χ4v) is 4.02. The van der Waals surface area contributed by atoms with Gasteiger partial charge in [0.25, 0.3) is 0 Å². The maximum Gasteiger partial charge on any atom is 0.221 e. The number of hydrogen-bond donors (Lipinski definition) is 3. The highest BCUT2D eigenvalue weighted by Gasteiger charge is 2.24. The lowest BCUT2D eigenvalue weighted by atomic mass is 10.2. The van der Waals surface area contributed by atoms with E-state index in [0.29, 0.717) is 24.0 Å². The van der Waals surface area contributed by atoms with Crippen molar-refractivity contribution in [2.45, 2.75) is 45.8 Å². The van der Waals surface area contributed by atoms with Gasteiger partial charge in [-0.25, -0.2) is 4.99 Å². The lowest BCUT2D eigenvalue weighted by molar-refractivity contribution is -0.114. The fraction of sp³-hybridized carbons (Fsp3) is 0.440. The Morgan fingerprint density at radius 2 is 1.94 bits per heavy atom. The van der Waals surface area contributed by atoms with Crippen LogP contribution in [-0.2, 0) is 17.9 Å². The lowest BCUT2D eigenvalue weighted by Crippen LogP contribution is -2.44. The third-order valence-electron chi connectivity index (χ3n) is 5.57. The summed E-state index contributed by atoms with van der Waals surface area (Å²) in [4.78, 5) is 18.8. The summed E-state index contributed by atoms with van der Waals surface area (Å²) in [6.45, 7) is 7.83. The third kappa shape index (κ3) is 8.51. The van der Waals surface area contributed by atoms with Crippen molar-refractivity contribution in [2.75, 3.05) is 32.1 Å². The molecule has 1 heterocycles. The summed E-state index contributed by atoms with van der Waals surface area (Å²) in [5.74, 6) is 1.31. The molecule has 0 radical (unpaired) electrons. The molecule has 0 bridgehead atoms. The number of amides is 1. The molecule has 1 saturated heterocycles. The maximum atomic E-state index is 11.5. The van der Waals surface area contributed by atoms with Crippen LogP contribution < -0.4 is 20.7 Å². The number of aliphatic imine (C=N–C) groups is 1. The van der Waals surface area contributed by atoms with Crippen LogP contribution in [0.2, 0.25) is 0 Å². The number of anilines is 1. The Morgan fingerprint density at radius 3 is 2.64 bits per heavy atom. The molecule has 0 aromatic heterocycles. The molecule has 3 N–H and O–H groups in total. The van der Waals surface area contributed by atoms with E-state index in [9.17, 15) is 4.79 Å². The topological polar surface area (TPSA) is 78.0 Å². The van der Waals surface area contributed by atoms with Gasteiger partial charge in [-0.15, -0.1) is 24.0 Å². The lowest BCUT2D eigenvalue weighted by Gasteiger charge is -2.25. The number of carbonyl (C=O) groups excluding carboxylic acids is 1. The van der Waals surface area contributed by atoms with Gasteiger partial charge in [0.05, 0.1) is 19.3 Å². The molecule has 1 unspecified atom stereocenters. The highest BCUT2D eigenvalue weighted by molar-refractivity contribution is 14.0. The van der Waals surface area contributed by atoms with Gasteiger partial charge in [0.1, 0.15) is 5.75 Å². The highest BCUT2D eigenvalue weighted by Crippen LogP contribution is 2.26. The molecule has 180 valence electrons. The van der Waals surface area contributed by atoms with Gasteiger partial charge in [-0.05, 0) is 49.6 Å². The largest absolute Gasteiger partial charge is 0.495 e. The monoisotopic (exact) mass is 565 g/mol. The first-order chi connectivity index (χ1) is 15.6. The van der Waals surface area contributed by atoms with Crippen LogP contribution in [0.25, 0.3) is 0 Å². The molecule has 2 aromatic rings. The maximum absolute atomic E-state index is 11.5. The minimum atomic E-state index is -0.129. The van der Waals surface area contributed by atoms with Crippen molar-refractivity contribution in [3.05, 3.63) is 59.7 Å². The zero-order valence-electron chi connectivity index (χ0n) is 19.8. The van der Waals surface area contributed by atoms with Crippen LogP contribution in [-0.4, -0.2) is 49.6 Å². The van der Waals surface area contributed by atoms with Gasteiger partial charge in [0.15, 0.2) is 5.96 Å². The van der Waals surface area contributed by atoms with Crippen molar-refractivity contribution < 1.29 is 9.53 Å². The molecule has 2 aromatic carbocycles. The number of nitrogens with one attached hydrogen (secondary N) is 3. The molecule has 7 nitrogen and oxygen atoms in total. The number of hydrogen-bond acceptors (Lipinski definition) is 4. The summed E-state index contributed by atoms with van der Waals surface area (Å²) in [7, 11) is 1.59. The molecule has 1 fully saturated rings. The highest BCUT2D eigenvalue weighted by atomic mass is 127. The first-order valence-electron chi connectivity index (χ1n) is 11.3. The average Bonchev–Trinajstić information content (AvgIpc) is 3.23. The van der Waals surface area contributed by atoms with Gasteiger partial charge in [-0.1, -0.05) is 36.4 Å². The van der Waals surface area contributed by atoms with E-state index in [2.05, 4.69) is 58.1 Å². The third-order valence-corrected chi connectivity index (χ3v) is 5.57. The van der Waals surface area contributed by atoms with Gasteiger partial charge < -0.3 is 20.7 Å². The van der Waals surface area contributed by atoms with Crippen LogP contribution in [0, 0.1) is 0 Å². The molecule has 0 spiro atoms. The Balaban J connectivity index is 0.00000385. The first kappa shape index (κ1) is 26.9. The molecule has 3 rings (SSSR count). The molecule has 33 heavy (non-hydrogen) atoms. The number of halogens is 1. The van der Waals surface area contributed by atoms with Crippen LogP contribution in [0.15, 0.2) is 53.5 Å². The van der Waals surface area contributed by atoms with Crippen molar-refractivity contribution in [1.29, 1.82) is 0 Å². The van der Waals surface area contributed by atoms with Crippen molar-refractivity contribution in [2.24, 2.45) is 4.99 Å². The minimum Gasteiger partial charge on any atom is -0.495 e. The van der Waals surface area contributed by atoms with Crippen LogP contribution in [0.4, 0.5) is 5.69 Å². The van der Waals surface area contributed by atoms with Gasteiger partial charge >= 0.3 is 0 Å². The Labute approximate surface area is 214 Å². The SMILES string of the molecule is CCNC(=NCc1ccc(OC)c(NC(C)=O)c1)NCC1CCCN1Cc1ccccc1.I. The van der Waals surface area contributed by atoms with E-state index >= 15 is 0 Å². The average molecular weight is 566 g/mol. The zero-order valence-corrected chi connectivity index (χ0v) is 22.1. The second-order valence-corrected chi connectivity index (χ2v) is 8.04. The summed E-state index contributed by atoms with van der Waals surface area (Å²) in [5, 5.41) is 9.67. The van der Waals surface area contributed by atoms with Crippen LogP contribution in [0.5, 0.6) is 5.75 Å². The first-order valence-corrected chi connectivity index (χ1v) is 11.3. The van der Waals surface area contributed by atoms with E-state index < -0.39 is 0 Å². The van der Waals surface area contributed by atoms with Crippen molar-refractivity contribution in [1.82, 2.24) is 15.5 Å². The number of ether oxygens (including phenoxy) is 1. The normalized spacial score (nSPS) is 16.1. The number of benzene rings is 2. The molecular formula is C25H36IN5O2. The Morgan fingerprint density at radius 1 is 1.15 bits per heavy atom. The van der Waals surface area contributed by atoms with Crippen molar-refractivity contribution in [3.8, 4) is 5.75 Å². The number of likely N-dealkylation sites (tertiary alicyclic amines) is 1. The van der Waals surface area contributed by atoms with E-state index in [1.54, 1.807) is 7.11 Å². The quantitative estimate of drug-likeness (QED) is 0.244. The molecule has 1 aliphatic heterocycles. The summed E-state index contributed by atoms with van der Waals surface area (Å²) in [5.41, 5.74) is 3.01. The molecule has 1 aliphatic rings. The summed E-state index contributed by atoms with van der Waals surface area (Å²) < 4.78 is 5.33. The van der Waals surface area contributed by atoms with E-state index in [4.69, 9.17) is 9.73 Å². The van der Waals surface area contributed by atoms with Crippen LogP contribution in [0.3, 0.4) is 0 Å². The van der Waals surface area contributed by atoms with E-state index in [1.165, 1.54) is 25.3 Å². The number of nitrogens with zero attached hydrogens (tertiary/aromatic N) is 2. The standard InChI is InChI=1S/C25H35N5O2.HI/c1-4-26-25(27-16-21-12-13-24(32-3)23(15-21)29-19(2)31)28-17-22-11-8-14-30(22)18-20-9-6-5-7-10-20;/h5-7,9-10,12-13,15,22H,4,8,11,14,16-18H2,1-3H3,(H,29,31)(H2,26,27,28);1H. The second-order valence-electron chi connectivity index (χ2n) is 8.04.